The standard InChI is InChI=1S/C19H27N3O3/c23-17-11-14-5-1-2-7-16(14)20-22(17)13-18(24)21-10-9-19(25)8-4-3-6-15(19)12-21/h11,15,25H,1-10,12-13H2. The van der Waals surface area contributed by atoms with Gasteiger partial charge >= 0.3 is 0 Å². The summed E-state index contributed by atoms with van der Waals surface area (Å²) in [5.74, 6) is 0.116. The van der Waals surface area contributed by atoms with Gasteiger partial charge in [-0.15, -0.1) is 0 Å². The lowest BCUT2D eigenvalue weighted by Crippen LogP contribution is -2.55. The molecular formula is C19H27N3O3. The van der Waals surface area contributed by atoms with Gasteiger partial charge in [-0.3, -0.25) is 9.59 Å². The molecule has 25 heavy (non-hydrogen) atoms. The van der Waals surface area contributed by atoms with Crippen molar-refractivity contribution >= 4 is 5.91 Å². The van der Waals surface area contributed by atoms with Gasteiger partial charge < -0.3 is 10.0 Å². The van der Waals surface area contributed by atoms with E-state index < -0.39 is 5.60 Å². The minimum absolute atomic E-state index is 0.0112. The first-order chi connectivity index (χ1) is 12.0. The van der Waals surface area contributed by atoms with Gasteiger partial charge in [-0.2, -0.15) is 5.10 Å². The number of amides is 1. The average molecular weight is 345 g/mol. The minimum Gasteiger partial charge on any atom is -0.389 e. The van der Waals surface area contributed by atoms with Crippen LogP contribution in [-0.4, -0.2) is 44.4 Å². The van der Waals surface area contributed by atoms with Gasteiger partial charge in [0, 0.05) is 25.1 Å². The zero-order valence-corrected chi connectivity index (χ0v) is 14.7. The Morgan fingerprint density at radius 2 is 2.08 bits per heavy atom. The second-order valence-electron chi connectivity index (χ2n) is 7.96. The van der Waals surface area contributed by atoms with E-state index in [9.17, 15) is 14.7 Å². The molecule has 2 heterocycles. The highest BCUT2D eigenvalue weighted by molar-refractivity contribution is 5.76. The van der Waals surface area contributed by atoms with Crippen LogP contribution in [0.25, 0.3) is 0 Å². The van der Waals surface area contributed by atoms with E-state index in [1.807, 2.05) is 4.90 Å². The summed E-state index contributed by atoms with van der Waals surface area (Å²) in [6.07, 6.45) is 8.70. The van der Waals surface area contributed by atoms with Crippen LogP contribution in [-0.2, 0) is 24.2 Å². The summed E-state index contributed by atoms with van der Waals surface area (Å²) in [6, 6.07) is 1.66. The summed E-state index contributed by atoms with van der Waals surface area (Å²) in [7, 11) is 0. The number of carbonyl (C=O) groups is 1. The van der Waals surface area contributed by atoms with Crippen molar-refractivity contribution in [1.29, 1.82) is 0 Å². The minimum atomic E-state index is -0.587. The van der Waals surface area contributed by atoms with Gasteiger partial charge in [0.2, 0.25) is 5.91 Å². The summed E-state index contributed by atoms with van der Waals surface area (Å²) in [6.45, 7) is 1.19. The molecule has 0 bridgehead atoms. The normalized spacial score (nSPS) is 29.0. The van der Waals surface area contributed by atoms with Crippen LogP contribution in [0.4, 0.5) is 0 Å². The molecule has 1 aliphatic heterocycles. The number of hydrogen-bond donors (Lipinski definition) is 1. The highest BCUT2D eigenvalue weighted by Crippen LogP contribution is 2.39. The van der Waals surface area contributed by atoms with Crippen molar-refractivity contribution in [3.8, 4) is 0 Å². The van der Waals surface area contributed by atoms with Crippen LogP contribution in [0.3, 0.4) is 0 Å². The lowest BCUT2D eigenvalue weighted by molar-refractivity contribution is -0.144. The molecule has 2 aliphatic carbocycles. The fourth-order valence-corrected chi connectivity index (χ4v) is 4.74. The molecule has 6 nitrogen and oxygen atoms in total. The predicted octanol–water partition coefficient (Wildman–Crippen LogP) is 1.28. The second kappa shape index (κ2) is 6.56. The molecule has 1 aromatic rings. The Bertz CT molecular complexity index is 729. The molecule has 1 saturated carbocycles. The molecule has 136 valence electrons. The highest BCUT2D eigenvalue weighted by atomic mass is 16.3. The average Bonchev–Trinajstić information content (AvgIpc) is 2.61. The van der Waals surface area contributed by atoms with E-state index >= 15 is 0 Å². The van der Waals surface area contributed by atoms with E-state index in [1.165, 1.54) is 4.68 Å². The number of aryl methyl sites for hydroxylation is 2. The van der Waals surface area contributed by atoms with Gasteiger partial charge in [0.15, 0.2) is 0 Å². The van der Waals surface area contributed by atoms with Crippen LogP contribution < -0.4 is 5.56 Å². The van der Waals surface area contributed by atoms with Crippen LogP contribution in [0.15, 0.2) is 10.9 Å². The number of aromatic nitrogens is 2. The molecule has 2 atom stereocenters. The van der Waals surface area contributed by atoms with Crippen molar-refractivity contribution in [3.05, 3.63) is 27.7 Å². The Kier molecular flexibility index (Phi) is 4.40. The summed E-state index contributed by atoms with van der Waals surface area (Å²) in [5, 5.41) is 15.2. The van der Waals surface area contributed by atoms with Crippen molar-refractivity contribution in [1.82, 2.24) is 14.7 Å². The van der Waals surface area contributed by atoms with E-state index in [0.29, 0.717) is 19.5 Å². The van der Waals surface area contributed by atoms with Crippen LogP contribution in [0, 0.1) is 5.92 Å². The maximum atomic E-state index is 12.7. The van der Waals surface area contributed by atoms with Crippen molar-refractivity contribution in [2.75, 3.05) is 13.1 Å². The van der Waals surface area contributed by atoms with Gasteiger partial charge in [-0.05, 0) is 50.5 Å². The molecule has 1 aromatic heterocycles. The summed E-state index contributed by atoms with van der Waals surface area (Å²) >= 11 is 0. The third-order valence-electron chi connectivity index (χ3n) is 6.34. The Hall–Kier alpha value is -1.69. The molecule has 0 radical (unpaired) electrons. The number of hydrogen-bond acceptors (Lipinski definition) is 4. The largest absolute Gasteiger partial charge is 0.389 e. The zero-order chi connectivity index (χ0) is 17.4. The van der Waals surface area contributed by atoms with Crippen molar-refractivity contribution in [2.45, 2.75) is 69.9 Å². The van der Waals surface area contributed by atoms with E-state index in [1.54, 1.807) is 6.07 Å². The lowest BCUT2D eigenvalue weighted by Gasteiger charge is -2.47. The third-order valence-corrected chi connectivity index (χ3v) is 6.34. The number of piperidine rings is 1. The fraction of sp³-hybridized carbons (Fsp3) is 0.737. The first-order valence-corrected chi connectivity index (χ1v) is 9.65. The number of likely N-dealkylation sites (tertiary alicyclic amines) is 1. The number of nitrogens with zero attached hydrogens (tertiary/aromatic N) is 3. The van der Waals surface area contributed by atoms with Crippen LogP contribution in [0.1, 0.15) is 56.2 Å². The smallest absolute Gasteiger partial charge is 0.267 e. The maximum absolute atomic E-state index is 12.7. The van der Waals surface area contributed by atoms with Crippen molar-refractivity contribution < 1.29 is 9.90 Å². The number of rotatable bonds is 2. The molecule has 0 aromatic carbocycles. The quantitative estimate of drug-likeness (QED) is 0.876. The lowest BCUT2D eigenvalue weighted by atomic mass is 9.71. The predicted molar refractivity (Wildman–Crippen MR) is 93.2 cm³/mol. The van der Waals surface area contributed by atoms with E-state index in [2.05, 4.69) is 5.10 Å². The molecule has 0 spiro atoms. The van der Waals surface area contributed by atoms with Gasteiger partial charge in [0.25, 0.3) is 5.56 Å². The van der Waals surface area contributed by atoms with Gasteiger partial charge in [0.1, 0.15) is 6.54 Å². The molecule has 3 aliphatic rings. The summed E-state index contributed by atoms with van der Waals surface area (Å²) < 4.78 is 1.33. The first kappa shape index (κ1) is 16.8. The Labute approximate surface area is 147 Å². The second-order valence-corrected chi connectivity index (χ2v) is 7.96. The molecule has 4 rings (SSSR count). The SMILES string of the molecule is O=C(Cn1nc2c(cc1=O)CCCC2)N1CCC2(O)CCCCC2C1. The number of aliphatic hydroxyl groups is 1. The molecule has 2 unspecified atom stereocenters. The third kappa shape index (κ3) is 3.24. The molecule has 6 heteroatoms. The molecule has 2 fully saturated rings. The molecular weight excluding hydrogens is 318 g/mol. The van der Waals surface area contributed by atoms with E-state index in [0.717, 1.165) is 62.6 Å². The Balaban J connectivity index is 1.46. The summed E-state index contributed by atoms with van der Waals surface area (Å²) in [5.41, 5.74) is 1.25. The Morgan fingerprint density at radius 1 is 1.24 bits per heavy atom. The first-order valence-electron chi connectivity index (χ1n) is 9.65. The van der Waals surface area contributed by atoms with Gasteiger partial charge in [-0.1, -0.05) is 12.8 Å². The molecule has 1 amide bonds. The van der Waals surface area contributed by atoms with Crippen LogP contribution in [0.2, 0.25) is 0 Å². The van der Waals surface area contributed by atoms with Gasteiger partial charge in [0.05, 0.1) is 11.3 Å². The highest BCUT2D eigenvalue weighted by Gasteiger charge is 2.43. The summed E-state index contributed by atoms with van der Waals surface area (Å²) in [4.78, 5) is 26.8. The number of fused-ring (bicyclic) bond motifs is 2. The topological polar surface area (TPSA) is 75.4 Å². The molecule has 1 N–H and O–H groups in total. The monoisotopic (exact) mass is 345 g/mol. The van der Waals surface area contributed by atoms with Crippen LogP contribution >= 0.6 is 0 Å². The molecule has 1 saturated heterocycles. The van der Waals surface area contributed by atoms with E-state index in [-0.39, 0.29) is 23.9 Å². The fourth-order valence-electron chi connectivity index (χ4n) is 4.74. The number of carbonyl (C=O) groups excluding carboxylic acids is 1. The van der Waals surface area contributed by atoms with E-state index in [4.69, 9.17) is 0 Å². The Morgan fingerprint density at radius 3 is 2.96 bits per heavy atom. The van der Waals surface area contributed by atoms with Crippen molar-refractivity contribution in [3.63, 3.8) is 0 Å². The zero-order valence-electron chi connectivity index (χ0n) is 14.7. The van der Waals surface area contributed by atoms with Crippen LogP contribution in [0.5, 0.6) is 0 Å². The van der Waals surface area contributed by atoms with Crippen molar-refractivity contribution in [2.24, 2.45) is 5.92 Å². The maximum Gasteiger partial charge on any atom is 0.267 e. The van der Waals surface area contributed by atoms with Gasteiger partial charge in [-0.25, -0.2) is 4.68 Å².